The highest BCUT2D eigenvalue weighted by atomic mass is 16.5. The quantitative estimate of drug-likeness (QED) is 0.595. The summed E-state index contributed by atoms with van der Waals surface area (Å²) in [5, 5.41) is 8.73. The predicted molar refractivity (Wildman–Crippen MR) is 68.7 cm³/mol. The fourth-order valence-electron chi connectivity index (χ4n) is 1.45. The topological polar surface area (TPSA) is 55.8 Å². The molecule has 1 aromatic rings. The van der Waals surface area contributed by atoms with Crippen LogP contribution in [0.5, 0.6) is 5.75 Å². The van der Waals surface area contributed by atoms with Crippen LogP contribution in [0, 0.1) is 0 Å². The van der Waals surface area contributed by atoms with Crippen LogP contribution in [0.3, 0.4) is 0 Å². The van der Waals surface area contributed by atoms with Gasteiger partial charge in [0.1, 0.15) is 11.9 Å². The maximum atomic E-state index is 11.8. The highest BCUT2D eigenvalue weighted by Gasteiger charge is 2.12. The molecule has 1 aromatic carbocycles. The molecule has 1 atom stereocenters. The van der Waals surface area contributed by atoms with E-state index in [1.807, 2.05) is 0 Å². The Balaban J connectivity index is 2.59. The van der Waals surface area contributed by atoms with Crippen molar-refractivity contribution in [2.24, 2.45) is 0 Å². The van der Waals surface area contributed by atoms with E-state index in [1.165, 1.54) is 0 Å². The largest absolute Gasteiger partial charge is 0.497 e. The molecule has 0 aromatic heterocycles. The van der Waals surface area contributed by atoms with Gasteiger partial charge in [-0.1, -0.05) is 12.7 Å². The Morgan fingerprint density at radius 3 is 2.61 bits per heavy atom. The highest BCUT2D eigenvalue weighted by molar-refractivity contribution is 5.89. The van der Waals surface area contributed by atoms with Gasteiger partial charge in [0.25, 0.3) is 0 Å². The van der Waals surface area contributed by atoms with Gasteiger partial charge in [0.2, 0.25) is 0 Å². The van der Waals surface area contributed by atoms with Gasteiger partial charge in [0, 0.05) is 6.61 Å². The van der Waals surface area contributed by atoms with Crippen LogP contribution in [0.15, 0.2) is 36.9 Å². The summed E-state index contributed by atoms with van der Waals surface area (Å²) >= 11 is 0. The van der Waals surface area contributed by atoms with Crippen LogP contribution in [0.4, 0.5) is 0 Å². The molecule has 0 spiro atoms. The molecular weight excluding hydrogens is 232 g/mol. The molecule has 0 fully saturated rings. The average Bonchev–Trinajstić information content (AvgIpc) is 2.43. The van der Waals surface area contributed by atoms with Gasteiger partial charge in [-0.05, 0) is 37.1 Å². The standard InChI is InChI=1S/C14H18O4/c1-3-12(5-4-10-15)18-14(16)11-6-8-13(17-2)9-7-11/h3,6-9,12,15H,1,4-5,10H2,2H3. The Labute approximate surface area is 107 Å². The first kappa shape index (κ1) is 14.3. The fourth-order valence-corrected chi connectivity index (χ4v) is 1.45. The van der Waals surface area contributed by atoms with Crippen LogP contribution in [0.1, 0.15) is 23.2 Å². The second-order valence-corrected chi connectivity index (χ2v) is 3.77. The molecule has 0 saturated heterocycles. The van der Waals surface area contributed by atoms with Crippen LogP contribution in [-0.4, -0.2) is 30.9 Å². The zero-order chi connectivity index (χ0) is 13.4. The highest BCUT2D eigenvalue weighted by Crippen LogP contribution is 2.14. The number of esters is 1. The molecule has 1 rings (SSSR count). The number of methoxy groups -OCH3 is 1. The number of aliphatic hydroxyl groups is 1. The molecule has 0 aliphatic carbocycles. The summed E-state index contributed by atoms with van der Waals surface area (Å²) in [4.78, 5) is 11.8. The van der Waals surface area contributed by atoms with E-state index in [1.54, 1.807) is 37.5 Å². The molecule has 4 nitrogen and oxygen atoms in total. The van der Waals surface area contributed by atoms with Crippen molar-refractivity contribution in [2.75, 3.05) is 13.7 Å². The Bertz CT molecular complexity index is 383. The molecule has 18 heavy (non-hydrogen) atoms. The number of rotatable bonds is 7. The van der Waals surface area contributed by atoms with Crippen molar-refractivity contribution in [3.8, 4) is 5.75 Å². The molecule has 1 N–H and O–H groups in total. The molecule has 0 heterocycles. The third-order valence-corrected chi connectivity index (χ3v) is 2.49. The van der Waals surface area contributed by atoms with Crippen LogP contribution in [-0.2, 0) is 4.74 Å². The number of carbonyl (C=O) groups excluding carboxylic acids is 1. The number of benzene rings is 1. The van der Waals surface area contributed by atoms with Crippen molar-refractivity contribution in [1.82, 2.24) is 0 Å². The third-order valence-electron chi connectivity index (χ3n) is 2.49. The first-order valence-corrected chi connectivity index (χ1v) is 5.79. The van der Waals surface area contributed by atoms with Gasteiger partial charge in [-0.15, -0.1) is 0 Å². The van der Waals surface area contributed by atoms with Crippen molar-refractivity contribution in [3.63, 3.8) is 0 Å². The number of hydrogen-bond acceptors (Lipinski definition) is 4. The average molecular weight is 250 g/mol. The predicted octanol–water partition coefficient (Wildman–Crippen LogP) is 2.18. The Kier molecular flexibility index (Phi) is 5.94. The van der Waals surface area contributed by atoms with Crippen molar-refractivity contribution < 1.29 is 19.4 Å². The first-order valence-electron chi connectivity index (χ1n) is 5.79. The summed E-state index contributed by atoms with van der Waals surface area (Å²) in [6.07, 6.45) is 2.35. The van der Waals surface area contributed by atoms with Crippen molar-refractivity contribution in [2.45, 2.75) is 18.9 Å². The number of aliphatic hydroxyl groups excluding tert-OH is 1. The van der Waals surface area contributed by atoms with Crippen molar-refractivity contribution in [3.05, 3.63) is 42.5 Å². The fraction of sp³-hybridized carbons (Fsp3) is 0.357. The second-order valence-electron chi connectivity index (χ2n) is 3.77. The van der Waals surface area contributed by atoms with Crippen LogP contribution in [0.25, 0.3) is 0 Å². The minimum atomic E-state index is -0.402. The summed E-state index contributed by atoms with van der Waals surface area (Å²) in [5.41, 5.74) is 0.464. The first-order chi connectivity index (χ1) is 8.71. The monoisotopic (exact) mass is 250 g/mol. The third kappa shape index (κ3) is 4.22. The summed E-state index contributed by atoms with van der Waals surface area (Å²) in [6, 6.07) is 6.70. The normalized spacial score (nSPS) is 11.7. The Morgan fingerprint density at radius 1 is 1.44 bits per heavy atom. The Morgan fingerprint density at radius 2 is 2.11 bits per heavy atom. The van der Waals surface area contributed by atoms with Gasteiger partial charge in [-0.2, -0.15) is 0 Å². The van der Waals surface area contributed by atoms with E-state index in [2.05, 4.69) is 6.58 Å². The zero-order valence-electron chi connectivity index (χ0n) is 10.5. The zero-order valence-corrected chi connectivity index (χ0v) is 10.5. The summed E-state index contributed by atoms with van der Waals surface area (Å²) in [6.45, 7) is 3.68. The van der Waals surface area contributed by atoms with Gasteiger partial charge in [0.15, 0.2) is 0 Å². The molecule has 0 saturated carbocycles. The van der Waals surface area contributed by atoms with Crippen molar-refractivity contribution >= 4 is 5.97 Å². The van der Waals surface area contributed by atoms with E-state index in [9.17, 15) is 4.79 Å². The molecule has 0 aliphatic heterocycles. The summed E-state index contributed by atoms with van der Waals surface area (Å²) in [7, 11) is 1.57. The van der Waals surface area contributed by atoms with Gasteiger partial charge in [-0.25, -0.2) is 4.79 Å². The minimum Gasteiger partial charge on any atom is -0.497 e. The molecule has 1 unspecified atom stereocenters. The lowest BCUT2D eigenvalue weighted by molar-refractivity contribution is 0.0369. The van der Waals surface area contributed by atoms with E-state index < -0.39 is 5.97 Å². The Hall–Kier alpha value is -1.81. The molecule has 0 bridgehead atoms. The lowest BCUT2D eigenvalue weighted by atomic mass is 10.2. The van der Waals surface area contributed by atoms with Gasteiger partial charge in [0.05, 0.1) is 12.7 Å². The maximum Gasteiger partial charge on any atom is 0.338 e. The van der Waals surface area contributed by atoms with Crippen molar-refractivity contribution in [1.29, 1.82) is 0 Å². The molecule has 0 radical (unpaired) electrons. The van der Waals surface area contributed by atoms with E-state index in [-0.39, 0.29) is 12.7 Å². The summed E-state index contributed by atoms with van der Waals surface area (Å²) in [5.74, 6) is 0.285. The van der Waals surface area contributed by atoms with E-state index in [0.717, 1.165) is 0 Å². The smallest absolute Gasteiger partial charge is 0.338 e. The molecule has 0 amide bonds. The van der Waals surface area contributed by atoms with E-state index in [0.29, 0.717) is 24.2 Å². The maximum absolute atomic E-state index is 11.8. The van der Waals surface area contributed by atoms with E-state index in [4.69, 9.17) is 14.6 Å². The number of hydrogen-bond donors (Lipinski definition) is 1. The van der Waals surface area contributed by atoms with Crippen LogP contribution < -0.4 is 4.74 Å². The lowest BCUT2D eigenvalue weighted by Crippen LogP contribution is -2.16. The minimum absolute atomic E-state index is 0.0738. The van der Waals surface area contributed by atoms with Gasteiger partial charge >= 0.3 is 5.97 Å². The molecule has 0 aliphatic rings. The summed E-state index contributed by atoms with van der Waals surface area (Å²) < 4.78 is 10.3. The van der Waals surface area contributed by atoms with Crippen LogP contribution in [0.2, 0.25) is 0 Å². The lowest BCUT2D eigenvalue weighted by Gasteiger charge is -2.13. The SMILES string of the molecule is C=CC(CCCO)OC(=O)c1ccc(OC)cc1. The molecular formula is C14H18O4. The molecule has 4 heteroatoms. The van der Waals surface area contributed by atoms with Gasteiger partial charge in [-0.3, -0.25) is 0 Å². The van der Waals surface area contributed by atoms with Gasteiger partial charge < -0.3 is 14.6 Å². The van der Waals surface area contributed by atoms with Crippen LogP contribution >= 0.6 is 0 Å². The van der Waals surface area contributed by atoms with E-state index >= 15 is 0 Å². The number of carbonyl (C=O) groups is 1. The second kappa shape index (κ2) is 7.50. The molecule has 98 valence electrons. The number of ether oxygens (including phenoxy) is 2.